The van der Waals surface area contributed by atoms with Crippen LogP contribution in [0, 0.1) is 0 Å². The Kier molecular flexibility index (Phi) is 11.4. The second-order valence-electron chi connectivity index (χ2n) is 2.65. The average molecular weight is 275 g/mol. The van der Waals surface area contributed by atoms with Gasteiger partial charge in [0.15, 0.2) is 5.75 Å². The normalized spacial score (nSPS) is 10.7. The fourth-order valence-electron chi connectivity index (χ4n) is 1.03. The molecule has 0 saturated heterocycles. The van der Waals surface area contributed by atoms with Gasteiger partial charge in [0.1, 0.15) is 0 Å². The van der Waals surface area contributed by atoms with Crippen molar-refractivity contribution in [2.75, 3.05) is 27.1 Å². The molecule has 0 rings (SSSR count). The SMILES string of the molecule is CO[Si](CCC[S+]=C(N)N)(OC)OC.[Cl-]. The van der Waals surface area contributed by atoms with Gasteiger partial charge in [-0.25, -0.2) is 11.5 Å². The molecule has 0 aliphatic carbocycles. The van der Waals surface area contributed by atoms with Crippen molar-refractivity contribution in [2.45, 2.75) is 12.5 Å². The number of halogens is 1. The topological polar surface area (TPSA) is 79.7 Å². The molecule has 4 N–H and O–H groups in total. The summed E-state index contributed by atoms with van der Waals surface area (Å²) in [5.41, 5.74) is 10.6. The van der Waals surface area contributed by atoms with Gasteiger partial charge in [-0.15, -0.1) is 0 Å². The van der Waals surface area contributed by atoms with Crippen molar-refractivity contribution >= 4 is 25.3 Å². The highest BCUT2D eigenvalue weighted by Gasteiger charge is 2.37. The Morgan fingerprint density at radius 2 is 1.60 bits per heavy atom. The maximum atomic E-state index is 5.31. The molecule has 15 heavy (non-hydrogen) atoms. The Morgan fingerprint density at radius 1 is 1.13 bits per heavy atom. The third kappa shape index (κ3) is 7.31. The molecule has 0 aromatic rings. The summed E-state index contributed by atoms with van der Waals surface area (Å²) in [5, 5.41) is 0.393. The maximum Gasteiger partial charge on any atom is 0.500 e. The molecule has 0 aromatic heterocycles. The summed E-state index contributed by atoms with van der Waals surface area (Å²) in [6.45, 7) is 0. The second-order valence-corrected chi connectivity index (χ2v) is 6.91. The van der Waals surface area contributed by atoms with Gasteiger partial charge in [0.2, 0.25) is 11.4 Å². The molecule has 0 heterocycles. The van der Waals surface area contributed by atoms with Crippen molar-refractivity contribution in [2.24, 2.45) is 11.5 Å². The molecule has 0 aliphatic heterocycles. The highest BCUT2D eigenvalue weighted by Crippen LogP contribution is 2.14. The molecule has 0 aliphatic rings. The van der Waals surface area contributed by atoms with E-state index in [1.54, 1.807) is 21.3 Å². The molecule has 8 heteroatoms. The standard InChI is InChI=1S/C7H19N2O3SSi.ClH/c1-10-14(11-2,12-3)6-4-5-13-7(8)9;/h4-6,8-9H2,1-3H3;1H/q+1;/p-1. The average Bonchev–Trinajstić information content (AvgIpc) is 2.19. The Labute approximate surface area is 102 Å². The van der Waals surface area contributed by atoms with Crippen molar-refractivity contribution in [3.63, 3.8) is 0 Å². The first kappa shape index (κ1) is 17.8. The van der Waals surface area contributed by atoms with Crippen LogP contribution in [0.3, 0.4) is 0 Å². The third-order valence-corrected chi connectivity index (χ3v) is 5.49. The summed E-state index contributed by atoms with van der Waals surface area (Å²) in [7, 11) is 2.43. The molecule has 0 atom stereocenters. The first-order valence-corrected chi connectivity index (χ1v) is 7.18. The van der Waals surface area contributed by atoms with E-state index in [1.165, 1.54) is 11.4 Å². The van der Waals surface area contributed by atoms with Crippen molar-refractivity contribution < 1.29 is 25.7 Å². The monoisotopic (exact) mass is 274 g/mol. The van der Waals surface area contributed by atoms with E-state index >= 15 is 0 Å². The summed E-state index contributed by atoms with van der Waals surface area (Å²) in [6.07, 6.45) is 0.907. The van der Waals surface area contributed by atoms with Crippen LogP contribution in [0.25, 0.3) is 0 Å². The van der Waals surface area contributed by atoms with Crippen LogP contribution in [-0.4, -0.2) is 41.0 Å². The largest absolute Gasteiger partial charge is 1.00 e. The van der Waals surface area contributed by atoms with Gasteiger partial charge in [0, 0.05) is 33.8 Å². The first-order valence-electron chi connectivity index (χ1n) is 4.26. The fraction of sp³-hybridized carbons (Fsp3) is 0.857. The van der Waals surface area contributed by atoms with Crippen LogP contribution in [0.4, 0.5) is 0 Å². The van der Waals surface area contributed by atoms with Crippen molar-refractivity contribution in [1.29, 1.82) is 0 Å². The van der Waals surface area contributed by atoms with Crippen LogP contribution in [0.1, 0.15) is 6.42 Å². The molecule has 92 valence electrons. The highest BCUT2D eigenvalue weighted by atomic mass is 35.5. The molecule has 0 radical (unpaired) electrons. The minimum absolute atomic E-state index is 0. The summed E-state index contributed by atoms with van der Waals surface area (Å²) >= 11 is 1.43. The third-order valence-electron chi connectivity index (χ3n) is 1.83. The minimum Gasteiger partial charge on any atom is -1.00 e. The van der Waals surface area contributed by atoms with Crippen molar-refractivity contribution in [3.05, 3.63) is 0 Å². The van der Waals surface area contributed by atoms with Crippen LogP contribution in [0.15, 0.2) is 0 Å². The van der Waals surface area contributed by atoms with Crippen LogP contribution in [0.2, 0.25) is 6.04 Å². The molecule has 0 fully saturated rings. The number of hydrogen-bond acceptors (Lipinski definition) is 3. The molecule has 5 nitrogen and oxygen atoms in total. The molecule has 0 aromatic carbocycles. The maximum absolute atomic E-state index is 5.31. The van der Waals surface area contributed by atoms with E-state index in [-0.39, 0.29) is 12.4 Å². The summed E-state index contributed by atoms with van der Waals surface area (Å²) in [5.74, 6) is 0.854. The highest BCUT2D eigenvalue weighted by molar-refractivity contribution is 7.78. The van der Waals surface area contributed by atoms with Crippen LogP contribution in [-0.2, 0) is 24.6 Å². The summed E-state index contributed by atoms with van der Waals surface area (Å²) < 4.78 is 15.8. The fourth-order valence-corrected chi connectivity index (χ4v) is 3.54. The molecule has 0 bridgehead atoms. The van der Waals surface area contributed by atoms with Gasteiger partial charge in [-0.3, -0.25) is 0 Å². The van der Waals surface area contributed by atoms with Crippen LogP contribution in [0.5, 0.6) is 0 Å². The van der Waals surface area contributed by atoms with Crippen molar-refractivity contribution in [1.82, 2.24) is 0 Å². The van der Waals surface area contributed by atoms with E-state index in [2.05, 4.69) is 0 Å². The van der Waals surface area contributed by atoms with Gasteiger partial charge in [-0.05, 0) is 0 Å². The van der Waals surface area contributed by atoms with E-state index in [0.29, 0.717) is 5.11 Å². The molecular weight excluding hydrogens is 256 g/mol. The van der Waals surface area contributed by atoms with E-state index in [4.69, 9.17) is 24.7 Å². The molecule has 0 amide bonds. The van der Waals surface area contributed by atoms with Gasteiger partial charge in [0.25, 0.3) is 0 Å². The number of hydrogen-bond donors (Lipinski definition) is 2. The molecular formula is C7H19ClN2O3SSi. The number of rotatable bonds is 7. The lowest BCUT2D eigenvalue weighted by atomic mass is 10.6. The van der Waals surface area contributed by atoms with Crippen molar-refractivity contribution in [3.8, 4) is 0 Å². The predicted octanol–water partition coefficient (Wildman–Crippen LogP) is -3.65. The van der Waals surface area contributed by atoms with E-state index in [0.717, 1.165) is 18.2 Å². The lowest BCUT2D eigenvalue weighted by molar-refractivity contribution is -0.00000776. The van der Waals surface area contributed by atoms with Crippen LogP contribution < -0.4 is 23.9 Å². The second kappa shape index (κ2) is 9.61. The van der Waals surface area contributed by atoms with Gasteiger partial charge in [-0.2, -0.15) is 0 Å². The summed E-state index contributed by atoms with van der Waals surface area (Å²) in [4.78, 5) is 0. The summed E-state index contributed by atoms with van der Waals surface area (Å²) in [6, 6.07) is 0.775. The smallest absolute Gasteiger partial charge is 0.500 e. The zero-order valence-corrected chi connectivity index (χ0v) is 11.9. The lowest BCUT2D eigenvalue weighted by Crippen LogP contribution is -3.00. The number of nitrogens with two attached hydrogens (primary N) is 2. The van der Waals surface area contributed by atoms with E-state index in [9.17, 15) is 0 Å². The van der Waals surface area contributed by atoms with Gasteiger partial charge < -0.3 is 25.7 Å². The lowest BCUT2D eigenvalue weighted by Gasteiger charge is -2.23. The Bertz CT molecular complexity index is 181. The zero-order chi connectivity index (χ0) is 11.0. The Balaban J connectivity index is 0. The predicted molar refractivity (Wildman–Crippen MR) is 61.8 cm³/mol. The first-order chi connectivity index (χ1) is 6.60. The Hall–Kier alpha value is 0.397. The van der Waals surface area contributed by atoms with Gasteiger partial charge in [0.05, 0.1) is 0 Å². The van der Waals surface area contributed by atoms with E-state index in [1.807, 2.05) is 0 Å². The molecule has 0 unspecified atom stereocenters. The molecule has 0 spiro atoms. The molecule has 0 saturated carbocycles. The Morgan fingerprint density at radius 3 is 1.93 bits per heavy atom. The van der Waals surface area contributed by atoms with E-state index < -0.39 is 8.80 Å². The zero-order valence-electron chi connectivity index (χ0n) is 9.29. The quantitative estimate of drug-likeness (QED) is 0.217. The van der Waals surface area contributed by atoms with Gasteiger partial charge in [-0.1, -0.05) is 0 Å². The van der Waals surface area contributed by atoms with Crippen LogP contribution >= 0.6 is 0 Å². The van der Waals surface area contributed by atoms with Gasteiger partial charge >= 0.3 is 13.9 Å². The minimum atomic E-state index is -2.39.